The first-order valence-corrected chi connectivity index (χ1v) is 11.2. The molecule has 0 bridgehead atoms. The number of nitrogens with zero attached hydrogens (tertiary/aromatic N) is 4. The molecule has 1 atom stereocenters. The van der Waals surface area contributed by atoms with Gasteiger partial charge in [0.1, 0.15) is 32.9 Å². The molecule has 3 aromatic heterocycles. The van der Waals surface area contributed by atoms with Crippen LogP contribution >= 0.6 is 22.9 Å². The molecule has 3 aromatic rings. The molecule has 0 fully saturated rings. The highest BCUT2D eigenvalue weighted by Gasteiger charge is 2.34. The Labute approximate surface area is 204 Å². The maximum atomic E-state index is 13.0. The van der Waals surface area contributed by atoms with Crippen LogP contribution in [0.4, 0.5) is 24.7 Å². The fourth-order valence-corrected chi connectivity index (χ4v) is 4.24. The number of aromatic nitrogens is 4. The van der Waals surface area contributed by atoms with Crippen LogP contribution in [0.15, 0.2) is 24.8 Å². The van der Waals surface area contributed by atoms with Gasteiger partial charge in [-0.1, -0.05) is 11.6 Å². The molecule has 0 aromatic carbocycles. The first-order chi connectivity index (χ1) is 16.5. The number of alkyl halides is 3. The molecule has 1 aliphatic rings. The average Bonchev–Trinajstić information content (AvgIpc) is 3.29. The van der Waals surface area contributed by atoms with Crippen molar-refractivity contribution in [3.63, 3.8) is 0 Å². The van der Waals surface area contributed by atoms with E-state index in [4.69, 9.17) is 11.6 Å². The van der Waals surface area contributed by atoms with Crippen LogP contribution in [0.3, 0.4) is 0 Å². The summed E-state index contributed by atoms with van der Waals surface area (Å²) in [6.45, 7) is 1.65. The van der Waals surface area contributed by atoms with E-state index in [1.165, 1.54) is 12.5 Å². The predicted molar refractivity (Wildman–Crippen MR) is 119 cm³/mol. The van der Waals surface area contributed by atoms with Gasteiger partial charge in [-0.15, -0.1) is 11.3 Å². The lowest BCUT2D eigenvalue weighted by atomic mass is 10.0. The summed E-state index contributed by atoms with van der Waals surface area (Å²) in [7, 11) is 0. The molecular weight excluding hydrogens is 511 g/mol. The van der Waals surface area contributed by atoms with Crippen molar-refractivity contribution < 1.29 is 27.6 Å². The van der Waals surface area contributed by atoms with Crippen LogP contribution in [0.5, 0.6) is 0 Å². The largest absolute Gasteiger partial charge is 0.419 e. The second-order valence-electron chi connectivity index (χ2n) is 7.37. The third kappa shape index (κ3) is 5.38. The maximum Gasteiger partial charge on any atom is 0.419 e. The molecule has 0 aliphatic carbocycles. The van der Waals surface area contributed by atoms with Crippen molar-refractivity contribution in [2.24, 2.45) is 0 Å². The van der Waals surface area contributed by atoms with Gasteiger partial charge in [0.2, 0.25) is 5.91 Å². The standard InChI is InChI=1S/C20H15ClF3N7O3S/c1-8(29-18(34)14-10-2-3-13(32)31-16(10)28-7-27-14)19-26-6-12(35-19)17(33)30-9-4-11(20(22,23)24)15(21)25-5-9/h4-8H,2-3H2,1H3,(H,29,34)(H,30,33)(H,27,28,31,32)/t8-/m1/s1. The number of fused-ring (bicyclic) bond motifs is 1. The predicted octanol–water partition coefficient (Wildman–Crippen LogP) is 3.63. The monoisotopic (exact) mass is 525 g/mol. The van der Waals surface area contributed by atoms with Crippen molar-refractivity contribution in [3.8, 4) is 0 Å². The number of hydrogen-bond acceptors (Lipinski definition) is 8. The zero-order chi connectivity index (χ0) is 25.3. The van der Waals surface area contributed by atoms with Crippen molar-refractivity contribution in [3.05, 3.63) is 56.6 Å². The van der Waals surface area contributed by atoms with E-state index >= 15 is 0 Å². The summed E-state index contributed by atoms with van der Waals surface area (Å²) < 4.78 is 39.0. The Bertz CT molecular complexity index is 1330. The maximum absolute atomic E-state index is 13.0. The molecule has 1 aliphatic heterocycles. The van der Waals surface area contributed by atoms with E-state index in [2.05, 4.69) is 35.9 Å². The Balaban J connectivity index is 1.44. The molecule has 0 saturated carbocycles. The number of rotatable bonds is 5. The van der Waals surface area contributed by atoms with Crippen LogP contribution in [-0.4, -0.2) is 37.7 Å². The number of hydrogen-bond donors (Lipinski definition) is 3. The van der Waals surface area contributed by atoms with Gasteiger partial charge in [0.05, 0.1) is 29.7 Å². The van der Waals surface area contributed by atoms with Crippen LogP contribution in [-0.2, 0) is 17.4 Å². The van der Waals surface area contributed by atoms with Crippen molar-refractivity contribution in [2.45, 2.75) is 32.0 Å². The van der Waals surface area contributed by atoms with Crippen molar-refractivity contribution >= 4 is 52.2 Å². The van der Waals surface area contributed by atoms with Gasteiger partial charge in [0.15, 0.2) is 0 Å². The molecule has 10 nitrogen and oxygen atoms in total. The summed E-state index contributed by atoms with van der Waals surface area (Å²) in [5.41, 5.74) is -0.730. The lowest BCUT2D eigenvalue weighted by molar-refractivity contribution is -0.137. The van der Waals surface area contributed by atoms with Gasteiger partial charge in [0.25, 0.3) is 11.8 Å². The number of nitrogens with one attached hydrogen (secondary N) is 3. The molecule has 3 N–H and O–H groups in total. The van der Waals surface area contributed by atoms with Crippen LogP contribution in [0, 0.1) is 0 Å². The van der Waals surface area contributed by atoms with Crippen LogP contribution in [0.2, 0.25) is 5.15 Å². The first-order valence-electron chi connectivity index (χ1n) is 9.97. The molecule has 15 heteroatoms. The zero-order valence-corrected chi connectivity index (χ0v) is 19.3. The summed E-state index contributed by atoms with van der Waals surface area (Å²) in [6, 6.07) is 0.0648. The van der Waals surface area contributed by atoms with Crippen molar-refractivity contribution in [1.82, 2.24) is 25.3 Å². The number of halogens is 4. The molecule has 3 amide bonds. The fourth-order valence-electron chi connectivity index (χ4n) is 3.21. The van der Waals surface area contributed by atoms with Crippen LogP contribution in [0.25, 0.3) is 0 Å². The quantitative estimate of drug-likeness (QED) is 0.432. The average molecular weight is 526 g/mol. The van der Waals surface area contributed by atoms with E-state index in [9.17, 15) is 27.6 Å². The fraction of sp³-hybridized carbons (Fsp3) is 0.250. The summed E-state index contributed by atoms with van der Waals surface area (Å²) in [4.78, 5) is 52.5. The SMILES string of the molecule is C[C@@H](NC(=O)c1ncnc2c1CCC(=O)N2)c1ncc(C(=O)Nc2cnc(Cl)c(C(F)(F)F)c2)s1. The highest BCUT2D eigenvalue weighted by atomic mass is 35.5. The van der Waals surface area contributed by atoms with E-state index in [1.807, 2.05) is 0 Å². The third-order valence-corrected chi connectivity index (χ3v) is 6.37. The van der Waals surface area contributed by atoms with Gasteiger partial charge >= 0.3 is 6.18 Å². The molecule has 0 unspecified atom stereocenters. The number of carbonyl (C=O) groups is 3. The molecule has 0 spiro atoms. The van der Waals surface area contributed by atoms with Gasteiger partial charge in [-0.25, -0.2) is 19.9 Å². The van der Waals surface area contributed by atoms with Gasteiger partial charge in [-0.2, -0.15) is 13.2 Å². The summed E-state index contributed by atoms with van der Waals surface area (Å²) >= 11 is 6.44. The van der Waals surface area contributed by atoms with Crippen molar-refractivity contribution in [2.75, 3.05) is 10.6 Å². The minimum Gasteiger partial charge on any atom is -0.342 e. The summed E-state index contributed by atoms with van der Waals surface area (Å²) in [5, 5.41) is 7.30. The zero-order valence-electron chi connectivity index (χ0n) is 17.7. The Morgan fingerprint density at radius 3 is 2.66 bits per heavy atom. The topological polar surface area (TPSA) is 139 Å². The van der Waals surface area contributed by atoms with Gasteiger partial charge in [0, 0.05) is 12.0 Å². The van der Waals surface area contributed by atoms with E-state index < -0.39 is 34.7 Å². The second kappa shape index (κ2) is 9.54. The Morgan fingerprint density at radius 1 is 1.14 bits per heavy atom. The molecule has 0 radical (unpaired) electrons. The minimum atomic E-state index is -4.73. The second-order valence-corrected chi connectivity index (χ2v) is 8.79. The normalized spacial score (nSPS) is 14.0. The lowest BCUT2D eigenvalue weighted by Crippen LogP contribution is -2.30. The molecular formula is C20H15ClF3N7O3S. The number of thiazole rings is 1. The Hall–Kier alpha value is -3.65. The number of pyridine rings is 1. The molecule has 4 heterocycles. The van der Waals surface area contributed by atoms with E-state index in [-0.39, 0.29) is 34.4 Å². The minimum absolute atomic E-state index is 0.103. The van der Waals surface area contributed by atoms with Crippen LogP contribution < -0.4 is 16.0 Å². The van der Waals surface area contributed by atoms with E-state index in [0.717, 1.165) is 17.5 Å². The van der Waals surface area contributed by atoms with Gasteiger partial charge in [-0.05, 0) is 19.4 Å². The Kier molecular flexibility index (Phi) is 6.67. The molecule has 4 rings (SSSR count). The van der Waals surface area contributed by atoms with E-state index in [0.29, 0.717) is 23.1 Å². The molecule has 35 heavy (non-hydrogen) atoms. The highest BCUT2D eigenvalue weighted by molar-refractivity contribution is 7.13. The van der Waals surface area contributed by atoms with E-state index in [1.54, 1.807) is 6.92 Å². The Morgan fingerprint density at radius 2 is 1.91 bits per heavy atom. The number of amides is 3. The lowest BCUT2D eigenvalue weighted by Gasteiger charge is -2.18. The molecule has 0 saturated heterocycles. The summed E-state index contributed by atoms with van der Waals surface area (Å²) in [5.74, 6) is -1.13. The summed E-state index contributed by atoms with van der Waals surface area (Å²) in [6.07, 6.45) is -0.791. The van der Waals surface area contributed by atoms with Crippen LogP contribution in [0.1, 0.15) is 55.7 Å². The molecule has 182 valence electrons. The van der Waals surface area contributed by atoms with Gasteiger partial charge < -0.3 is 16.0 Å². The third-order valence-electron chi connectivity index (χ3n) is 4.89. The number of anilines is 2. The number of carbonyl (C=O) groups excluding carboxylic acids is 3. The first kappa shape index (κ1) is 24.5. The van der Waals surface area contributed by atoms with Gasteiger partial charge in [-0.3, -0.25) is 14.4 Å². The van der Waals surface area contributed by atoms with Crippen molar-refractivity contribution in [1.29, 1.82) is 0 Å². The smallest absolute Gasteiger partial charge is 0.342 e. The highest BCUT2D eigenvalue weighted by Crippen LogP contribution is 2.35.